The van der Waals surface area contributed by atoms with Crippen molar-refractivity contribution in [2.24, 2.45) is 0 Å². The average molecular weight is 307 g/mol. The number of methoxy groups -OCH3 is 1. The molecular weight excluding hydrogens is 295 g/mol. The van der Waals surface area contributed by atoms with Crippen molar-refractivity contribution in [2.75, 3.05) is 7.11 Å². The van der Waals surface area contributed by atoms with Crippen LogP contribution in [-0.4, -0.2) is 21.7 Å². The zero-order chi connectivity index (χ0) is 15.9. The maximum atomic E-state index is 13.3. The standard InChI is InChI=1S/C15H12F3N3O/c1-9-7-14-19-11(10-5-3-4-6-12(10)22-2)8-13(15(16,17)18)21(14)20-9/h3-8H,1-2H3. The molecule has 114 valence electrons. The lowest BCUT2D eigenvalue weighted by molar-refractivity contribution is -0.142. The van der Waals surface area contributed by atoms with Gasteiger partial charge in [-0.2, -0.15) is 18.3 Å². The van der Waals surface area contributed by atoms with Crippen molar-refractivity contribution >= 4 is 5.65 Å². The van der Waals surface area contributed by atoms with Crippen LogP contribution in [0.1, 0.15) is 11.4 Å². The van der Waals surface area contributed by atoms with Gasteiger partial charge < -0.3 is 4.74 Å². The van der Waals surface area contributed by atoms with Gasteiger partial charge in [-0.25, -0.2) is 9.50 Å². The average Bonchev–Trinajstić information content (AvgIpc) is 2.85. The molecule has 1 aromatic carbocycles. The molecule has 0 aliphatic carbocycles. The molecule has 0 fully saturated rings. The third-order valence-corrected chi connectivity index (χ3v) is 3.22. The van der Waals surface area contributed by atoms with Crippen molar-refractivity contribution in [3.63, 3.8) is 0 Å². The summed E-state index contributed by atoms with van der Waals surface area (Å²) in [5.74, 6) is 0.462. The second kappa shape index (κ2) is 5.01. The van der Waals surface area contributed by atoms with Gasteiger partial charge in [0.25, 0.3) is 0 Å². The Hall–Kier alpha value is -2.57. The number of aryl methyl sites for hydroxylation is 1. The SMILES string of the molecule is COc1ccccc1-c1cc(C(F)(F)F)n2nc(C)cc2n1. The normalized spacial score (nSPS) is 11.9. The lowest BCUT2D eigenvalue weighted by Gasteiger charge is -2.12. The minimum absolute atomic E-state index is 0.147. The summed E-state index contributed by atoms with van der Waals surface area (Å²) in [4.78, 5) is 4.27. The van der Waals surface area contributed by atoms with Crippen LogP contribution in [0.4, 0.5) is 13.2 Å². The quantitative estimate of drug-likeness (QED) is 0.724. The van der Waals surface area contributed by atoms with E-state index in [2.05, 4.69) is 10.1 Å². The summed E-state index contributed by atoms with van der Waals surface area (Å²) in [6, 6.07) is 9.30. The van der Waals surface area contributed by atoms with Crippen molar-refractivity contribution in [3.05, 3.63) is 47.8 Å². The van der Waals surface area contributed by atoms with E-state index in [9.17, 15) is 13.2 Å². The van der Waals surface area contributed by atoms with Crippen LogP contribution in [0, 0.1) is 6.92 Å². The Kier molecular flexibility index (Phi) is 3.27. The van der Waals surface area contributed by atoms with Crippen molar-refractivity contribution in [1.29, 1.82) is 0 Å². The number of nitrogens with zero attached hydrogens (tertiary/aromatic N) is 3. The Morgan fingerprint density at radius 1 is 1.14 bits per heavy atom. The second-order valence-corrected chi connectivity index (χ2v) is 4.78. The highest BCUT2D eigenvalue weighted by Crippen LogP contribution is 2.34. The summed E-state index contributed by atoms with van der Waals surface area (Å²) in [6.45, 7) is 1.62. The van der Waals surface area contributed by atoms with E-state index in [0.717, 1.165) is 10.6 Å². The minimum atomic E-state index is -4.53. The number of aromatic nitrogens is 3. The number of ether oxygens (including phenoxy) is 1. The summed E-state index contributed by atoms with van der Waals surface area (Å²) in [5.41, 5.74) is 0.434. The molecule has 0 aliphatic rings. The monoisotopic (exact) mass is 307 g/mol. The van der Waals surface area contributed by atoms with Crippen LogP contribution in [0.3, 0.4) is 0 Å². The van der Waals surface area contributed by atoms with Crippen molar-refractivity contribution in [2.45, 2.75) is 13.1 Å². The lowest BCUT2D eigenvalue weighted by atomic mass is 10.1. The van der Waals surface area contributed by atoms with Crippen LogP contribution in [0.5, 0.6) is 5.75 Å². The van der Waals surface area contributed by atoms with Gasteiger partial charge in [-0.05, 0) is 25.1 Å². The van der Waals surface area contributed by atoms with E-state index < -0.39 is 11.9 Å². The smallest absolute Gasteiger partial charge is 0.433 e. The molecule has 0 spiro atoms. The van der Waals surface area contributed by atoms with Crippen LogP contribution in [0.25, 0.3) is 16.9 Å². The van der Waals surface area contributed by atoms with Gasteiger partial charge in [0.05, 0.1) is 18.5 Å². The molecule has 0 aliphatic heterocycles. The van der Waals surface area contributed by atoms with Gasteiger partial charge in [-0.15, -0.1) is 0 Å². The van der Waals surface area contributed by atoms with Crippen LogP contribution in [-0.2, 0) is 6.18 Å². The summed E-state index contributed by atoms with van der Waals surface area (Å²) in [6.07, 6.45) is -4.53. The second-order valence-electron chi connectivity index (χ2n) is 4.78. The fourth-order valence-electron chi connectivity index (χ4n) is 2.29. The highest BCUT2D eigenvalue weighted by atomic mass is 19.4. The molecule has 2 heterocycles. The summed E-state index contributed by atoms with van der Waals surface area (Å²) in [5, 5.41) is 3.86. The number of para-hydroxylation sites is 1. The number of alkyl halides is 3. The zero-order valence-corrected chi connectivity index (χ0v) is 11.8. The molecule has 4 nitrogen and oxygen atoms in total. The van der Waals surface area contributed by atoms with Gasteiger partial charge in [-0.3, -0.25) is 0 Å². The molecule has 7 heteroatoms. The molecule has 0 N–H and O–H groups in total. The maximum absolute atomic E-state index is 13.3. The largest absolute Gasteiger partial charge is 0.496 e. The minimum Gasteiger partial charge on any atom is -0.496 e. The van der Waals surface area contributed by atoms with E-state index in [1.165, 1.54) is 13.2 Å². The van der Waals surface area contributed by atoms with Crippen molar-refractivity contribution < 1.29 is 17.9 Å². The Morgan fingerprint density at radius 2 is 1.86 bits per heavy atom. The van der Waals surface area contributed by atoms with Gasteiger partial charge in [-0.1, -0.05) is 12.1 Å². The molecule has 0 saturated heterocycles. The summed E-state index contributed by atoms with van der Waals surface area (Å²) in [7, 11) is 1.46. The number of fused-ring (bicyclic) bond motifs is 1. The van der Waals surface area contributed by atoms with E-state index in [-0.39, 0.29) is 11.3 Å². The van der Waals surface area contributed by atoms with E-state index in [0.29, 0.717) is 17.0 Å². The predicted molar refractivity (Wildman–Crippen MR) is 74.7 cm³/mol. The third kappa shape index (κ3) is 2.38. The lowest BCUT2D eigenvalue weighted by Crippen LogP contribution is -2.13. The van der Waals surface area contributed by atoms with Crippen LogP contribution < -0.4 is 4.74 Å². The molecule has 0 saturated carbocycles. The summed E-state index contributed by atoms with van der Waals surface area (Å²) >= 11 is 0. The number of halogens is 3. The molecule has 0 atom stereocenters. The fraction of sp³-hybridized carbons (Fsp3) is 0.200. The fourth-order valence-corrected chi connectivity index (χ4v) is 2.29. The third-order valence-electron chi connectivity index (χ3n) is 3.22. The van der Waals surface area contributed by atoms with E-state index >= 15 is 0 Å². The number of hydrogen-bond donors (Lipinski definition) is 0. The molecule has 3 aromatic rings. The Bertz CT molecular complexity index is 840. The van der Waals surface area contributed by atoms with Gasteiger partial charge in [0.2, 0.25) is 0 Å². The van der Waals surface area contributed by atoms with E-state index in [1.807, 2.05) is 0 Å². The Balaban J connectivity index is 2.32. The molecule has 0 unspecified atom stereocenters. The summed E-state index contributed by atoms with van der Waals surface area (Å²) < 4.78 is 45.9. The molecule has 0 radical (unpaired) electrons. The van der Waals surface area contributed by atoms with Gasteiger partial charge in [0.15, 0.2) is 11.3 Å². The first kappa shape index (κ1) is 14.4. The topological polar surface area (TPSA) is 39.4 Å². The van der Waals surface area contributed by atoms with Crippen LogP contribution >= 0.6 is 0 Å². The van der Waals surface area contributed by atoms with E-state index in [1.54, 1.807) is 31.2 Å². The Morgan fingerprint density at radius 3 is 2.55 bits per heavy atom. The highest BCUT2D eigenvalue weighted by Gasteiger charge is 2.35. The predicted octanol–water partition coefficient (Wildman–Crippen LogP) is 3.73. The molecular formula is C15H12F3N3O. The first-order chi connectivity index (χ1) is 10.4. The van der Waals surface area contributed by atoms with Gasteiger partial charge >= 0.3 is 6.18 Å². The number of benzene rings is 1. The van der Waals surface area contributed by atoms with E-state index in [4.69, 9.17) is 4.74 Å². The van der Waals surface area contributed by atoms with Gasteiger partial charge in [0.1, 0.15) is 5.75 Å². The number of rotatable bonds is 2. The number of hydrogen-bond acceptors (Lipinski definition) is 3. The molecule has 3 rings (SSSR count). The van der Waals surface area contributed by atoms with Crippen molar-refractivity contribution in [3.8, 4) is 17.0 Å². The van der Waals surface area contributed by atoms with Crippen LogP contribution in [0.2, 0.25) is 0 Å². The zero-order valence-electron chi connectivity index (χ0n) is 11.8. The Labute approximate surface area is 124 Å². The molecule has 0 bridgehead atoms. The first-order valence-corrected chi connectivity index (χ1v) is 6.48. The molecule has 22 heavy (non-hydrogen) atoms. The maximum Gasteiger partial charge on any atom is 0.433 e. The van der Waals surface area contributed by atoms with Crippen molar-refractivity contribution in [1.82, 2.24) is 14.6 Å². The highest BCUT2D eigenvalue weighted by molar-refractivity contribution is 5.69. The van der Waals surface area contributed by atoms with Gasteiger partial charge in [0, 0.05) is 11.6 Å². The first-order valence-electron chi connectivity index (χ1n) is 6.48. The molecule has 2 aromatic heterocycles. The molecule has 0 amide bonds. The van der Waals surface area contributed by atoms with Crippen LogP contribution in [0.15, 0.2) is 36.4 Å².